The molecule has 0 aliphatic carbocycles. The minimum absolute atomic E-state index is 0.113. The lowest BCUT2D eigenvalue weighted by atomic mass is 9.78. The molecule has 0 amide bonds. The molecule has 1 fully saturated rings. The Morgan fingerprint density at radius 3 is 2.23 bits per heavy atom. The zero-order valence-corrected chi connectivity index (χ0v) is 28.7. The van der Waals surface area contributed by atoms with Crippen LogP contribution in [0.4, 0.5) is 4.39 Å². The van der Waals surface area contributed by atoms with Gasteiger partial charge in [0.2, 0.25) is 0 Å². The summed E-state index contributed by atoms with van der Waals surface area (Å²) in [6.07, 6.45) is 8.02. The average Bonchev–Trinajstić information content (AvgIpc) is 3.36. The molecular weight excluding hydrogens is 588 g/mol. The van der Waals surface area contributed by atoms with Crippen molar-refractivity contribution in [1.29, 1.82) is 0 Å². The van der Waals surface area contributed by atoms with Gasteiger partial charge in [0.1, 0.15) is 39.9 Å². The van der Waals surface area contributed by atoms with E-state index in [1.165, 1.54) is 6.20 Å². The van der Waals surface area contributed by atoms with Crippen LogP contribution in [-0.4, -0.2) is 42.6 Å². The van der Waals surface area contributed by atoms with Crippen LogP contribution in [0.2, 0.25) is 0 Å². The maximum absolute atomic E-state index is 15.0. The van der Waals surface area contributed by atoms with Crippen molar-refractivity contribution >= 4 is 36.1 Å². The molecule has 3 heterocycles. The van der Waals surface area contributed by atoms with E-state index < -0.39 is 8.17 Å². The van der Waals surface area contributed by atoms with E-state index in [1.54, 1.807) is 4.57 Å². The van der Waals surface area contributed by atoms with Crippen molar-refractivity contribution in [3.8, 4) is 18.1 Å². The van der Waals surface area contributed by atoms with Crippen LogP contribution in [0.3, 0.4) is 0 Å². The molecule has 43 heavy (non-hydrogen) atoms. The molecule has 2 aliphatic heterocycles. The van der Waals surface area contributed by atoms with E-state index in [-0.39, 0.29) is 53.1 Å². The van der Waals surface area contributed by atoms with Gasteiger partial charge in [-0.1, -0.05) is 75.2 Å². The van der Waals surface area contributed by atoms with Crippen LogP contribution in [0.25, 0.3) is 0 Å². The molecule has 13 heteroatoms. The number of ether oxygens (including phenoxy) is 1. The highest BCUT2D eigenvalue weighted by Crippen LogP contribution is 2.63. The summed E-state index contributed by atoms with van der Waals surface area (Å²) >= 11 is 5.04. The second-order valence-electron chi connectivity index (χ2n) is 11.3. The second kappa shape index (κ2) is 16.4. The van der Waals surface area contributed by atoms with Gasteiger partial charge in [-0.2, -0.15) is 9.42 Å². The number of rotatable bonds is 3. The topological polar surface area (TPSA) is 94.9 Å². The third kappa shape index (κ3) is 10.0. The fourth-order valence-corrected chi connectivity index (χ4v) is 5.49. The lowest BCUT2D eigenvalue weighted by molar-refractivity contribution is 0.0353. The summed E-state index contributed by atoms with van der Waals surface area (Å²) in [7, 11) is 7.38. The third-order valence-electron chi connectivity index (χ3n) is 6.20. The van der Waals surface area contributed by atoms with E-state index in [4.69, 9.17) is 52.6 Å². The Kier molecular flexibility index (Phi) is 14.8. The highest BCUT2D eigenvalue weighted by molar-refractivity contribution is 7.71. The number of nitrogens with one attached hydrogen (secondary N) is 1. The molecule has 2 aromatic rings. The van der Waals surface area contributed by atoms with Gasteiger partial charge in [-0.05, 0) is 47.5 Å². The Balaban J connectivity index is 0.000000404. The van der Waals surface area contributed by atoms with Crippen molar-refractivity contribution in [2.45, 2.75) is 112 Å². The standard InChI is InChI=1S/C16H24BFO4P.C10H9BN2O2S.2C2H6/c1-15(2,3)11-7-12(16(4,5)6)14-10(13(11)18)8-20-23(19,22-14)21-9-17;1-2-6-5-13(10(16)12-9(6)14)8-4-3-7(11)15-8;2*1-2/h7,19H,8-9H2,1-6H3;1,5,7-8H,3-4H2,(H,12,14,16);2*1-2H3/q+1;;;/t;7-,8?;;/m.0../s1. The van der Waals surface area contributed by atoms with Crippen LogP contribution < -0.4 is 10.1 Å². The summed E-state index contributed by atoms with van der Waals surface area (Å²) in [6.45, 7) is 19.5. The fraction of sp³-hybridized carbons (Fsp3) is 0.600. The van der Waals surface area contributed by atoms with Crippen molar-refractivity contribution in [3.63, 3.8) is 0 Å². The van der Waals surface area contributed by atoms with Crippen LogP contribution >= 0.6 is 20.4 Å². The minimum Gasteiger partial charge on any atom is -0.365 e. The molecule has 4 radical (unpaired) electrons. The number of fused-ring (bicyclic) bond motifs is 1. The molecule has 234 valence electrons. The molecule has 0 spiro atoms. The lowest BCUT2D eigenvalue weighted by Gasteiger charge is -2.31. The zero-order valence-electron chi connectivity index (χ0n) is 27.0. The number of aromatic nitrogens is 2. The van der Waals surface area contributed by atoms with Crippen LogP contribution in [0.15, 0.2) is 17.1 Å². The van der Waals surface area contributed by atoms with E-state index >= 15 is 0 Å². The maximum Gasteiger partial charge on any atom is 0.618 e. The first kappa shape index (κ1) is 39.0. The van der Waals surface area contributed by atoms with Crippen molar-refractivity contribution in [2.24, 2.45) is 0 Å². The number of terminal acetylenes is 1. The van der Waals surface area contributed by atoms with Gasteiger partial charge in [-0.25, -0.2) is 4.39 Å². The van der Waals surface area contributed by atoms with Crippen LogP contribution in [-0.2, 0) is 31.2 Å². The number of halogens is 1. The van der Waals surface area contributed by atoms with Crippen molar-refractivity contribution in [1.82, 2.24) is 9.55 Å². The molecule has 3 atom stereocenters. The third-order valence-corrected chi connectivity index (χ3v) is 7.86. The number of hydrogen-bond acceptors (Lipinski definition) is 7. The first-order chi connectivity index (χ1) is 20.0. The zero-order chi connectivity index (χ0) is 33.3. The highest BCUT2D eigenvalue weighted by Gasteiger charge is 2.52. The van der Waals surface area contributed by atoms with Gasteiger partial charge in [-0.15, -0.1) is 10.9 Å². The van der Waals surface area contributed by atoms with Gasteiger partial charge < -0.3 is 4.74 Å². The largest absolute Gasteiger partial charge is 0.618 e. The lowest BCUT2D eigenvalue weighted by Crippen LogP contribution is -2.25. The van der Waals surface area contributed by atoms with Crippen LogP contribution in [0, 0.1) is 22.9 Å². The van der Waals surface area contributed by atoms with E-state index in [9.17, 15) is 14.1 Å². The summed E-state index contributed by atoms with van der Waals surface area (Å²) < 4.78 is 38.2. The molecule has 1 aromatic carbocycles. The molecule has 1 saturated heterocycles. The molecule has 2 aliphatic rings. The molecule has 8 nitrogen and oxygen atoms in total. The summed E-state index contributed by atoms with van der Waals surface area (Å²) in [4.78, 5) is 24.1. The van der Waals surface area contributed by atoms with Crippen LogP contribution in [0.1, 0.15) is 111 Å². The summed E-state index contributed by atoms with van der Waals surface area (Å²) in [6, 6.07) is 1.53. The second-order valence-corrected chi connectivity index (χ2v) is 13.3. The van der Waals surface area contributed by atoms with E-state index in [0.717, 1.165) is 18.4 Å². The number of hydrogen-bond donors (Lipinski definition) is 2. The number of aromatic amines is 1. The van der Waals surface area contributed by atoms with Gasteiger partial charge in [0, 0.05) is 17.8 Å². The summed E-state index contributed by atoms with van der Waals surface area (Å²) in [5.74, 6) is 2.24. The van der Waals surface area contributed by atoms with E-state index in [2.05, 4.69) is 10.9 Å². The Morgan fingerprint density at radius 2 is 1.77 bits per heavy atom. The molecule has 0 bridgehead atoms. The van der Waals surface area contributed by atoms with Crippen LogP contribution in [0.5, 0.6) is 5.75 Å². The van der Waals surface area contributed by atoms with Gasteiger partial charge in [-0.3, -0.25) is 18.9 Å². The number of H-pyrrole nitrogens is 1. The number of benzene rings is 1. The minimum atomic E-state index is -3.56. The molecular formula is C30H45B2FN2O6PS+. The SMILES string of the molecule is CC.CC.[B]CO[P+]1(O)OCc2c(F)c(C(C)(C)C)cc(C(C)(C)C)c2O1.[B][C@@H]1CCC(n2cc(C#C)c(=O)[nH]c2=S)O1. The van der Waals surface area contributed by atoms with E-state index in [1.807, 2.05) is 75.3 Å². The van der Waals surface area contributed by atoms with E-state index in [0.29, 0.717) is 21.6 Å². The monoisotopic (exact) mass is 633 g/mol. The first-order valence-corrected chi connectivity index (χ1v) is 16.3. The predicted octanol–water partition coefficient (Wildman–Crippen LogP) is 6.89. The maximum atomic E-state index is 15.0. The first-order valence-electron chi connectivity index (χ1n) is 14.4. The molecule has 0 saturated carbocycles. The Bertz CT molecular complexity index is 1380. The smallest absolute Gasteiger partial charge is 0.365 e. The summed E-state index contributed by atoms with van der Waals surface area (Å²) in [5.41, 5.74) is 0.924. The fourth-order valence-electron chi connectivity index (χ4n) is 4.13. The molecule has 2 N–H and O–H groups in total. The Morgan fingerprint density at radius 1 is 1.19 bits per heavy atom. The summed E-state index contributed by atoms with van der Waals surface area (Å²) in [5, 5.41) is 0. The predicted molar refractivity (Wildman–Crippen MR) is 175 cm³/mol. The van der Waals surface area contributed by atoms with Crippen molar-refractivity contribution in [2.75, 3.05) is 6.51 Å². The average molecular weight is 633 g/mol. The van der Waals surface area contributed by atoms with Gasteiger partial charge in [0.25, 0.3) is 5.56 Å². The Hall–Kier alpha value is -1.99. The molecule has 4 rings (SSSR count). The molecule has 1 aromatic heterocycles. The number of nitrogens with zero attached hydrogens (tertiary/aromatic N) is 1. The highest BCUT2D eigenvalue weighted by atomic mass is 32.1. The van der Waals surface area contributed by atoms with Crippen molar-refractivity contribution < 1.29 is 27.6 Å². The molecule has 2 unspecified atom stereocenters. The quantitative estimate of drug-likeness (QED) is 0.165. The Labute approximate surface area is 264 Å². The van der Waals surface area contributed by atoms with Gasteiger partial charge in [0.05, 0.1) is 12.1 Å². The van der Waals surface area contributed by atoms with Gasteiger partial charge >= 0.3 is 8.17 Å². The van der Waals surface area contributed by atoms with Gasteiger partial charge in [0.15, 0.2) is 10.5 Å². The van der Waals surface area contributed by atoms with Crippen molar-refractivity contribution in [3.05, 3.63) is 55.5 Å². The normalized spacial score (nSPS) is 20.9.